The van der Waals surface area contributed by atoms with Gasteiger partial charge < -0.3 is 4.90 Å². The molecule has 4 rings (SSSR count). The van der Waals surface area contributed by atoms with Crippen molar-refractivity contribution in [1.82, 2.24) is 9.21 Å². The van der Waals surface area contributed by atoms with Gasteiger partial charge in [0.1, 0.15) is 0 Å². The number of hydrogen-bond donors (Lipinski definition) is 0. The standard InChI is InChI=1S/C22H22N2O3S/c25-22(16-18-6-2-1-3-7-18)23-12-14-24(15-13-23)28(26,27)21-11-10-19-8-4-5-9-20(19)17-21/h1-11,17H,12-16H2. The molecule has 5 nitrogen and oxygen atoms in total. The maximum Gasteiger partial charge on any atom is 0.243 e. The normalized spacial score (nSPS) is 15.6. The van der Waals surface area contributed by atoms with Crippen molar-refractivity contribution in [2.75, 3.05) is 26.2 Å². The fraction of sp³-hybridized carbons (Fsp3) is 0.227. The topological polar surface area (TPSA) is 57.7 Å². The summed E-state index contributed by atoms with van der Waals surface area (Å²) in [6, 6.07) is 22.5. The Balaban J connectivity index is 1.44. The Morgan fingerprint density at radius 2 is 1.43 bits per heavy atom. The predicted octanol–water partition coefficient (Wildman–Crippen LogP) is 2.92. The zero-order chi connectivity index (χ0) is 19.6. The molecule has 1 fully saturated rings. The van der Waals surface area contributed by atoms with E-state index in [0.717, 1.165) is 16.3 Å². The van der Waals surface area contributed by atoms with Crippen molar-refractivity contribution >= 4 is 26.7 Å². The molecule has 6 heteroatoms. The number of rotatable bonds is 4. The molecule has 3 aromatic rings. The minimum Gasteiger partial charge on any atom is -0.340 e. The average molecular weight is 394 g/mol. The minimum absolute atomic E-state index is 0.0361. The quantitative estimate of drug-likeness (QED) is 0.684. The predicted molar refractivity (Wildman–Crippen MR) is 109 cm³/mol. The molecule has 1 aliphatic rings. The molecule has 0 radical (unpaired) electrons. The fourth-order valence-corrected chi connectivity index (χ4v) is 5.00. The molecule has 0 bridgehead atoms. The van der Waals surface area contributed by atoms with E-state index in [0.29, 0.717) is 37.5 Å². The molecule has 28 heavy (non-hydrogen) atoms. The first-order valence-electron chi connectivity index (χ1n) is 9.35. The van der Waals surface area contributed by atoms with Gasteiger partial charge in [0.2, 0.25) is 15.9 Å². The summed E-state index contributed by atoms with van der Waals surface area (Å²) >= 11 is 0. The first-order chi connectivity index (χ1) is 13.5. The Kier molecular flexibility index (Phi) is 5.15. The highest BCUT2D eigenvalue weighted by Gasteiger charge is 2.30. The molecule has 0 saturated carbocycles. The molecular formula is C22H22N2O3S. The van der Waals surface area contributed by atoms with Crippen molar-refractivity contribution in [1.29, 1.82) is 0 Å². The van der Waals surface area contributed by atoms with Crippen molar-refractivity contribution in [2.24, 2.45) is 0 Å². The lowest BCUT2D eigenvalue weighted by Crippen LogP contribution is -2.50. The molecule has 0 unspecified atom stereocenters. The molecule has 1 saturated heterocycles. The van der Waals surface area contributed by atoms with Gasteiger partial charge in [0, 0.05) is 26.2 Å². The van der Waals surface area contributed by atoms with Gasteiger partial charge in [0.25, 0.3) is 0 Å². The fourth-order valence-electron chi connectivity index (χ4n) is 3.54. The van der Waals surface area contributed by atoms with Crippen molar-refractivity contribution in [3.63, 3.8) is 0 Å². The number of nitrogens with zero attached hydrogens (tertiary/aromatic N) is 2. The Morgan fingerprint density at radius 3 is 2.14 bits per heavy atom. The maximum absolute atomic E-state index is 13.0. The Hall–Kier alpha value is -2.70. The van der Waals surface area contributed by atoms with Gasteiger partial charge in [-0.2, -0.15) is 4.31 Å². The zero-order valence-electron chi connectivity index (χ0n) is 15.5. The first kappa shape index (κ1) is 18.7. The lowest BCUT2D eigenvalue weighted by atomic mass is 10.1. The second kappa shape index (κ2) is 7.73. The van der Waals surface area contributed by atoms with Gasteiger partial charge in [-0.3, -0.25) is 4.79 Å². The van der Waals surface area contributed by atoms with E-state index < -0.39 is 10.0 Å². The molecular weight excluding hydrogens is 372 g/mol. The van der Waals surface area contributed by atoms with Crippen molar-refractivity contribution in [3.05, 3.63) is 78.4 Å². The summed E-state index contributed by atoms with van der Waals surface area (Å²) < 4.78 is 27.5. The van der Waals surface area contributed by atoms with Crippen LogP contribution in [0.4, 0.5) is 0 Å². The molecule has 0 aromatic heterocycles. The van der Waals surface area contributed by atoms with E-state index in [2.05, 4.69) is 0 Å². The third-order valence-electron chi connectivity index (χ3n) is 5.15. The third kappa shape index (κ3) is 3.79. The monoisotopic (exact) mass is 394 g/mol. The van der Waals surface area contributed by atoms with Gasteiger partial charge in [0.05, 0.1) is 11.3 Å². The van der Waals surface area contributed by atoms with Gasteiger partial charge in [0.15, 0.2) is 0 Å². The molecule has 3 aromatic carbocycles. The number of amides is 1. The average Bonchev–Trinajstić information content (AvgIpc) is 2.74. The maximum atomic E-state index is 13.0. The van der Waals surface area contributed by atoms with Crippen LogP contribution in [0.2, 0.25) is 0 Å². The van der Waals surface area contributed by atoms with Gasteiger partial charge in [-0.25, -0.2) is 8.42 Å². The first-order valence-corrected chi connectivity index (χ1v) is 10.8. The summed E-state index contributed by atoms with van der Waals surface area (Å²) in [5.74, 6) is 0.0361. The molecule has 1 heterocycles. The highest BCUT2D eigenvalue weighted by molar-refractivity contribution is 7.89. The number of sulfonamides is 1. The number of fused-ring (bicyclic) bond motifs is 1. The van der Waals surface area contributed by atoms with Gasteiger partial charge in [-0.1, -0.05) is 60.7 Å². The molecule has 1 amide bonds. The smallest absolute Gasteiger partial charge is 0.243 e. The van der Waals surface area contributed by atoms with Crippen LogP contribution in [0.1, 0.15) is 5.56 Å². The summed E-state index contributed by atoms with van der Waals surface area (Å²) in [5.41, 5.74) is 0.971. The van der Waals surface area contributed by atoms with Crippen LogP contribution >= 0.6 is 0 Å². The van der Waals surface area contributed by atoms with Crippen molar-refractivity contribution in [2.45, 2.75) is 11.3 Å². The Labute approximate surface area is 165 Å². The molecule has 0 N–H and O–H groups in total. The van der Waals surface area contributed by atoms with E-state index in [1.807, 2.05) is 60.7 Å². The van der Waals surface area contributed by atoms with Gasteiger partial charge in [-0.15, -0.1) is 0 Å². The van der Waals surface area contributed by atoms with Crippen LogP contribution in [0.25, 0.3) is 10.8 Å². The highest BCUT2D eigenvalue weighted by atomic mass is 32.2. The Bertz CT molecular complexity index is 1090. The molecule has 0 atom stereocenters. The summed E-state index contributed by atoms with van der Waals surface area (Å²) in [7, 11) is -3.57. The lowest BCUT2D eigenvalue weighted by Gasteiger charge is -2.34. The number of hydrogen-bond acceptors (Lipinski definition) is 3. The van der Waals surface area contributed by atoms with Crippen LogP contribution in [-0.4, -0.2) is 49.7 Å². The van der Waals surface area contributed by atoms with Crippen molar-refractivity contribution in [3.8, 4) is 0 Å². The highest BCUT2D eigenvalue weighted by Crippen LogP contribution is 2.23. The molecule has 1 aliphatic heterocycles. The second-order valence-electron chi connectivity index (χ2n) is 6.96. The van der Waals surface area contributed by atoms with Crippen LogP contribution in [0.5, 0.6) is 0 Å². The van der Waals surface area contributed by atoms with Crippen LogP contribution in [-0.2, 0) is 21.2 Å². The molecule has 0 aliphatic carbocycles. The third-order valence-corrected chi connectivity index (χ3v) is 7.04. The Morgan fingerprint density at radius 1 is 0.786 bits per heavy atom. The van der Waals surface area contributed by atoms with E-state index in [1.54, 1.807) is 17.0 Å². The molecule has 144 valence electrons. The van der Waals surface area contributed by atoms with Crippen LogP contribution in [0.3, 0.4) is 0 Å². The second-order valence-corrected chi connectivity index (χ2v) is 8.89. The number of carbonyl (C=O) groups excluding carboxylic acids is 1. The number of carbonyl (C=O) groups is 1. The summed E-state index contributed by atoms with van der Waals surface area (Å²) in [4.78, 5) is 14.5. The summed E-state index contributed by atoms with van der Waals surface area (Å²) in [5, 5.41) is 1.91. The van der Waals surface area contributed by atoms with Crippen LogP contribution in [0.15, 0.2) is 77.7 Å². The van der Waals surface area contributed by atoms with Gasteiger partial charge >= 0.3 is 0 Å². The van der Waals surface area contributed by atoms with E-state index in [1.165, 1.54) is 4.31 Å². The molecule has 0 spiro atoms. The SMILES string of the molecule is O=C(Cc1ccccc1)N1CCN(S(=O)(=O)c2ccc3ccccc3c2)CC1. The number of benzene rings is 3. The van der Waals surface area contributed by atoms with E-state index in [9.17, 15) is 13.2 Å². The van der Waals surface area contributed by atoms with Crippen LogP contribution < -0.4 is 0 Å². The summed E-state index contributed by atoms with van der Waals surface area (Å²) in [6.07, 6.45) is 0.346. The van der Waals surface area contributed by atoms with E-state index in [-0.39, 0.29) is 5.91 Å². The van der Waals surface area contributed by atoms with E-state index in [4.69, 9.17) is 0 Å². The summed E-state index contributed by atoms with van der Waals surface area (Å²) in [6.45, 7) is 1.46. The van der Waals surface area contributed by atoms with Crippen molar-refractivity contribution < 1.29 is 13.2 Å². The minimum atomic E-state index is -3.57. The lowest BCUT2D eigenvalue weighted by molar-refractivity contribution is -0.131. The van der Waals surface area contributed by atoms with E-state index >= 15 is 0 Å². The largest absolute Gasteiger partial charge is 0.340 e. The number of piperazine rings is 1. The van der Waals surface area contributed by atoms with Gasteiger partial charge in [-0.05, 0) is 28.5 Å². The van der Waals surface area contributed by atoms with Crippen LogP contribution in [0, 0.1) is 0 Å². The zero-order valence-corrected chi connectivity index (χ0v) is 16.3.